The maximum Gasteiger partial charge on any atom is 0.334 e. The first-order valence-electron chi connectivity index (χ1n) is 8.44. The number of fused-ring (bicyclic) bond motifs is 3. The van der Waals surface area contributed by atoms with Gasteiger partial charge in [-0.1, -0.05) is 6.58 Å². The number of aliphatic hydroxyl groups is 1. The lowest BCUT2D eigenvalue weighted by molar-refractivity contribution is -0.176. The lowest BCUT2D eigenvalue weighted by atomic mass is 9.65. The highest BCUT2D eigenvalue weighted by molar-refractivity contribution is 5.94. The summed E-state index contributed by atoms with van der Waals surface area (Å²) in [5, 5.41) is 11.5. The van der Waals surface area contributed by atoms with E-state index in [1.54, 1.807) is 6.92 Å². The number of ketones is 2. The van der Waals surface area contributed by atoms with Gasteiger partial charge in [0.1, 0.15) is 18.5 Å². The molecule has 2 saturated carbocycles. The van der Waals surface area contributed by atoms with E-state index in [0.717, 1.165) is 0 Å². The highest BCUT2D eigenvalue weighted by Gasteiger charge is 2.69. The van der Waals surface area contributed by atoms with Crippen molar-refractivity contribution in [1.82, 2.24) is 0 Å². The molecule has 1 N–H and O–H groups in total. The third-order valence-electron chi connectivity index (χ3n) is 6.22. The average Bonchev–Trinajstić information content (AvgIpc) is 2.90. The summed E-state index contributed by atoms with van der Waals surface area (Å²) >= 11 is 0. The molecule has 132 valence electrons. The molecule has 6 heteroatoms. The van der Waals surface area contributed by atoms with E-state index < -0.39 is 23.1 Å². The van der Waals surface area contributed by atoms with Crippen LogP contribution in [-0.2, 0) is 23.9 Å². The van der Waals surface area contributed by atoms with Crippen LogP contribution in [0.5, 0.6) is 0 Å². The molecule has 0 radical (unpaired) electrons. The van der Waals surface area contributed by atoms with Crippen molar-refractivity contribution >= 4 is 17.5 Å². The van der Waals surface area contributed by atoms with E-state index in [-0.39, 0.29) is 43.0 Å². The molecule has 0 bridgehead atoms. The topological polar surface area (TPSA) is 89.9 Å². The Bertz CT molecular complexity index is 611. The number of rotatable bonds is 4. The van der Waals surface area contributed by atoms with Crippen LogP contribution in [0.25, 0.3) is 0 Å². The number of ether oxygens (including phenoxy) is 2. The Morgan fingerprint density at radius 3 is 2.79 bits per heavy atom. The largest absolute Gasteiger partial charge is 0.457 e. The zero-order valence-electron chi connectivity index (χ0n) is 14.2. The molecule has 6 nitrogen and oxygen atoms in total. The van der Waals surface area contributed by atoms with Crippen LogP contribution in [0.15, 0.2) is 12.2 Å². The Kier molecular flexibility index (Phi) is 4.16. The van der Waals surface area contributed by atoms with E-state index >= 15 is 0 Å². The van der Waals surface area contributed by atoms with Gasteiger partial charge in [0.15, 0.2) is 5.78 Å². The van der Waals surface area contributed by atoms with E-state index in [1.165, 1.54) is 6.92 Å². The molecule has 0 aromatic rings. The zero-order chi connectivity index (χ0) is 17.7. The fraction of sp³-hybridized carbons (Fsp3) is 0.722. The molecule has 5 atom stereocenters. The van der Waals surface area contributed by atoms with Crippen LogP contribution < -0.4 is 0 Å². The summed E-state index contributed by atoms with van der Waals surface area (Å²) in [5.41, 5.74) is -2.08. The number of hydrogen-bond donors (Lipinski definition) is 1. The minimum atomic E-state index is -1.30. The molecule has 3 fully saturated rings. The molecule has 0 aromatic heterocycles. The van der Waals surface area contributed by atoms with Gasteiger partial charge in [0.05, 0.1) is 17.6 Å². The minimum Gasteiger partial charge on any atom is -0.457 e. The van der Waals surface area contributed by atoms with Crippen molar-refractivity contribution in [2.75, 3.05) is 13.2 Å². The summed E-state index contributed by atoms with van der Waals surface area (Å²) in [5.74, 6) is -1.18. The van der Waals surface area contributed by atoms with Gasteiger partial charge in [-0.15, -0.1) is 0 Å². The molecular formula is C18H24O6. The first-order valence-corrected chi connectivity index (χ1v) is 8.44. The molecule has 0 unspecified atom stereocenters. The summed E-state index contributed by atoms with van der Waals surface area (Å²) < 4.78 is 10.9. The van der Waals surface area contributed by atoms with Gasteiger partial charge in [-0.05, 0) is 33.1 Å². The standard InChI is InChI=1S/C18H24O6/c1-10(19)8-23-9-12-4-5-13-11(2)16(21)24-15(13)17(3)14(20)6-7-18(12,17)22/h12-13,15,22H,2,4-9H2,1,3H3/t12-,13+,15-,17+,18-/m1/s1. The van der Waals surface area contributed by atoms with Crippen LogP contribution in [0.4, 0.5) is 0 Å². The molecule has 3 rings (SSSR count). The Morgan fingerprint density at radius 1 is 1.42 bits per heavy atom. The number of carbonyl (C=O) groups excluding carboxylic acids is 3. The molecule has 1 aliphatic heterocycles. The normalized spacial score (nSPS) is 41.6. The van der Waals surface area contributed by atoms with Gasteiger partial charge in [-0.3, -0.25) is 9.59 Å². The van der Waals surface area contributed by atoms with Gasteiger partial charge in [0.25, 0.3) is 0 Å². The lowest BCUT2D eigenvalue weighted by Gasteiger charge is -2.44. The molecule has 2 aliphatic carbocycles. The number of esters is 1. The fourth-order valence-corrected chi connectivity index (χ4v) is 4.74. The quantitative estimate of drug-likeness (QED) is 0.613. The van der Waals surface area contributed by atoms with Crippen LogP contribution in [0.2, 0.25) is 0 Å². The lowest BCUT2D eigenvalue weighted by Crippen LogP contribution is -2.57. The summed E-state index contributed by atoms with van der Waals surface area (Å²) in [6.07, 6.45) is 1.10. The Balaban J connectivity index is 1.94. The van der Waals surface area contributed by atoms with Gasteiger partial charge in [0.2, 0.25) is 0 Å². The smallest absolute Gasteiger partial charge is 0.334 e. The van der Waals surface area contributed by atoms with Crippen LogP contribution in [0, 0.1) is 17.3 Å². The van der Waals surface area contributed by atoms with Crippen LogP contribution >= 0.6 is 0 Å². The Labute approximate surface area is 141 Å². The molecule has 24 heavy (non-hydrogen) atoms. The number of hydrogen-bond acceptors (Lipinski definition) is 6. The van der Waals surface area contributed by atoms with Gasteiger partial charge >= 0.3 is 5.97 Å². The van der Waals surface area contributed by atoms with Gasteiger partial charge in [-0.25, -0.2) is 4.79 Å². The van der Waals surface area contributed by atoms with Crippen molar-refractivity contribution in [3.8, 4) is 0 Å². The van der Waals surface area contributed by atoms with E-state index in [4.69, 9.17) is 9.47 Å². The van der Waals surface area contributed by atoms with E-state index in [9.17, 15) is 19.5 Å². The first-order chi connectivity index (χ1) is 11.2. The van der Waals surface area contributed by atoms with E-state index in [2.05, 4.69) is 6.58 Å². The van der Waals surface area contributed by atoms with Crippen LogP contribution in [0.3, 0.4) is 0 Å². The molecule has 1 saturated heterocycles. The first kappa shape index (κ1) is 17.3. The van der Waals surface area contributed by atoms with Crippen LogP contribution in [0.1, 0.15) is 39.5 Å². The van der Waals surface area contributed by atoms with Crippen molar-refractivity contribution in [3.05, 3.63) is 12.2 Å². The van der Waals surface area contributed by atoms with Gasteiger partial charge < -0.3 is 14.6 Å². The number of carbonyl (C=O) groups is 3. The third kappa shape index (κ3) is 2.27. The van der Waals surface area contributed by atoms with Crippen molar-refractivity contribution in [2.24, 2.45) is 17.3 Å². The second-order valence-electron chi connectivity index (χ2n) is 7.50. The molecule has 0 spiro atoms. The molecule has 0 aromatic carbocycles. The Morgan fingerprint density at radius 2 is 2.12 bits per heavy atom. The maximum absolute atomic E-state index is 12.7. The molecule has 1 heterocycles. The summed E-state index contributed by atoms with van der Waals surface area (Å²) in [6.45, 7) is 7.17. The molecule has 0 amide bonds. The summed E-state index contributed by atoms with van der Waals surface area (Å²) in [6, 6.07) is 0. The average molecular weight is 336 g/mol. The predicted octanol–water partition coefficient (Wildman–Crippen LogP) is 1.20. The van der Waals surface area contributed by atoms with Crippen molar-refractivity contribution in [2.45, 2.75) is 51.2 Å². The highest BCUT2D eigenvalue weighted by Crippen LogP contribution is 2.58. The highest BCUT2D eigenvalue weighted by atomic mass is 16.6. The number of Topliss-reactive ketones (excluding diaryl/α,β-unsaturated/α-hetero) is 2. The second kappa shape index (κ2) is 5.77. The second-order valence-corrected chi connectivity index (χ2v) is 7.50. The van der Waals surface area contributed by atoms with Crippen molar-refractivity contribution in [3.63, 3.8) is 0 Å². The zero-order valence-corrected chi connectivity index (χ0v) is 14.2. The van der Waals surface area contributed by atoms with E-state index in [1.807, 2.05) is 0 Å². The van der Waals surface area contributed by atoms with Gasteiger partial charge in [0, 0.05) is 23.8 Å². The van der Waals surface area contributed by atoms with E-state index in [0.29, 0.717) is 24.8 Å². The summed E-state index contributed by atoms with van der Waals surface area (Å²) in [7, 11) is 0. The molecule has 3 aliphatic rings. The molecular weight excluding hydrogens is 312 g/mol. The fourth-order valence-electron chi connectivity index (χ4n) is 4.74. The van der Waals surface area contributed by atoms with Crippen LogP contribution in [-0.4, -0.2) is 47.6 Å². The van der Waals surface area contributed by atoms with Crippen molar-refractivity contribution < 1.29 is 29.0 Å². The summed E-state index contributed by atoms with van der Waals surface area (Å²) in [4.78, 5) is 35.7. The SMILES string of the molecule is C=C1C(=O)O[C@@H]2[C@H]1CC[C@H](COCC(C)=O)[C@]1(O)CCC(=O)[C@@]21C. The van der Waals surface area contributed by atoms with Crippen molar-refractivity contribution in [1.29, 1.82) is 0 Å². The maximum atomic E-state index is 12.7. The van der Waals surface area contributed by atoms with Gasteiger partial charge in [-0.2, -0.15) is 0 Å². The monoisotopic (exact) mass is 336 g/mol. The Hall–Kier alpha value is -1.53. The minimum absolute atomic E-state index is 0.00814. The predicted molar refractivity (Wildman–Crippen MR) is 84.0 cm³/mol. The third-order valence-corrected chi connectivity index (χ3v) is 6.22.